The molecule has 1 aliphatic heterocycles. The maximum absolute atomic E-state index is 12.1. The van der Waals surface area contributed by atoms with Gasteiger partial charge in [-0.25, -0.2) is 18.7 Å². The number of non-ortho nitro benzene ring substituents is 1. The molecule has 0 bridgehead atoms. The van der Waals surface area contributed by atoms with Crippen LogP contribution < -0.4 is 0 Å². The maximum atomic E-state index is 12.1. The molecule has 11 nitrogen and oxygen atoms in total. The van der Waals surface area contributed by atoms with Crippen LogP contribution in [0.15, 0.2) is 24.3 Å². The van der Waals surface area contributed by atoms with Crippen LogP contribution in [0.4, 0.5) is 15.3 Å². The van der Waals surface area contributed by atoms with Gasteiger partial charge in [0.2, 0.25) is 0 Å². The van der Waals surface area contributed by atoms with Gasteiger partial charge >= 0.3 is 12.2 Å². The Hall–Kier alpha value is -2.57. The smallest absolute Gasteiger partial charge is 0.419 e. The highest BCUT2D eigenvalue weighted by Gasteiger charge is 2.43. The lowest BCUT2D eigenvalue weighted by Gasteiger charge is -2.24. The van der Waals surface area contributed by atoms with E-state index in [4.69, 9.17) is 13.7 Å². The average Bonchev–Trinajstić information content (AvgIpc) is 2.92. The number of rotatable bonds is 5. The van der Waals surface area contributed by atoms with Crippen molar-refractivity contribution in [2.45, 2.75) is 38.6 Å². The van der Waals surface area contributed by atoms with E-state index in [1.165, 1.54) is 18.2 Å². The zero-order valence-corrected chi connectivity index (χ0v) is 15.5. The summed E-state index contributed by atoms with van der Waals surface area (Å²) in [7, 11) is 0. The van der Waals surface area contributed by atoms with E-state index in [1.54, 1.807) is 20.8 Å². The fraction of sp³-hybridized carbons (Fsp3) is 0.467. The first-order valence-corrected chi connectivity index (χ1v) is 8.70. The minimum absolute atomic E-state index is 0.0947. The van der Waals surface area contributed by atoms with Gasteiger partial charge < -0.3 is 14.0 Å². The van der Waals surface area contributed by atoms with Gasteiger partial charge in [0.15, 0.2) is 6.10 Å². The number of cyclic esters (lactones) is 1. The summed E-state index contributed by atoms with van der Waals surface area (Å²) in [5.41, 5.74) is -1.06. The highest BCUT2D eigenvalue weighted by atomic mass is 32.2. The monoisotopic (exact) mass is 401 g/mol. The van der Waals surface area contributed by atoms with Gasteiger partial charge in [-0.05, 0) is 26.3 Å². The lowest BCUT2D eigenvalue weighted by Crippen LogP contribution is -2.38. The number of amides is 2. The van der Waals surface area contributed by atoms with E-state index in [0.29, 0.717) is 4.90 Å². The van der Waals surface area contributed by atoms with Gasteiger partial charge in [0.25, 0.3) is 5.69 Å². The summed E-state index contributed by atoms with van der Waals surface area (Å²) < 4.78 is 37.0. The molecule has 0 aromatic heterocycles. The minimum Gasteiger partial charge on any atom is -0.750 e. The van der Waals surface area contributed by atoms with E-state index in [9.17, 15) is 28.5 Å². The molecule has 1 aromatic rings. The van der Waals surface area contributed by atoms with Crippen molar-refractivity contribution in [1.29, 1.82) is 0 Å². The van der Waals surface area contributed by atoms with Crippen LogP contribution in [-0.4, -0.2) is 49.0 Å². The molecule has 1 aromatic carbocycles. The number of benzene rings is 1. The molecule has 1 aliphatic rings. The third-order valence-electron chi connectivity index (χ3n) is 3.38. The molecule has 1 saturated heterocycles. The number of nitro groups is 1. The van der Waals surface area contributed by atoms with Crippen molar-refractivity contribution in [1.82, 2.24) is 4.90 Å². The average molecular weight is 401 g/mol. The number of carbonyl (C=O) groups is 2. The first-order chi connectivity index (χ1) is 12.5. The van der Waals surface area contributed by atoms with E-state index in [2.05, 4.69) is 0 Å². The molecule has 148 valence electrons. The van der Waals surface area contributed by atoms with E-state index >= 15 is 0 Å². The summed E-state index contributed by atoms with van der Waals surface area (Å²) in [6.45, 7) is 4.48. The maximum Gasteiger partial charge on any atom is 0.419 e. The molecule has 1 fully saturated rings. The van der Waals surface area contributed by atoms with E-state index in [0.717, 1.165) is 6.07 Å². The first-order valence-electron chi connectivity index (χ1n) is 7.70. The molecule has 2 rings (SSSR count). The fourth-order valence-corrected chi connectivity index (χ4v) is 2.74. The predicted molar refractivity (Wildman–Crippen MR) is 89.1 cm³/mol. The molecule has 0 aliphatic carbocycles. The van der Waals surface area contributed by atoms with Crippen molar-refractivity contribution < 1.29 is 36.9 Å². The lowest BCUT2D eigenvalue weighted by molar-refractivity contribution is -0.385. The van der Waals surface area contributed by atoms with Crippen LogP contribution in [0.5, 0.6) is 0 Å². The number of hydrogen-bond donors (Lipinski definition) is 0. The number of nitrogens with zero attached hydrogens (tertiary/aromatic N) is 2. The highest BCUT2D eigenvalue weighted by Crippen LogP contribution is 2.31. The Labute approximate surface area is 156 Å². The van der Waals surface area contributed by atoms with E-state index in [1.807, 2.05) is 0 Å². The van der Waals surface area contributed by atoms with Gasteiger partial charge in [0.05, 0.1) is 22.8 Å². The van der Waals surface area contributed by atoms with Crippen LogP contribution >= 0.6 is 0 Å². The summed E-state index contributed by atoms with van der Waals surface area (Å²) in [6.07, 6.45) is -4.58. The SMILES string of the molecule is CC(C)(C)OC(=O)N1C[C@@H](C(OS(=O)[O-])c2cccc([N+](=O)[O-])c2)OC1=O. The quantitative estimate of drug-likeness (QED) is 0.411. The Balaban J connectivity index is 2.26. The summed E-state index contributed by atoms with van der Waals surface area (Å²) in [5.74, 6) is 0. The largest absolute Gasteiger partial charge is 0.750 e. The second-order valence-electron chi connectivity index (χ2n) is 6.59. The molecule has 0 spiro atoms. The number of nitro benzene ring substituents is 1. The van der Waals surface area contributed by atoms with Gasteiger partial charge in [-0.3, -0.25) is 14.3 Å². The fourth-order valence-electron chi connectivity index (χ4n) is 2.34. The molecule has 0 N–H and O–H groups in total. The van der Waals surface area contributed by atoms with Crippen molar-refractivity contribution in [3.63, 3.8) is 0 Å². The Bertz CT molecular complexity index is 777. The topological polar surface area (TPSA) is 148 Å². The number of carbonyl (C=O) groups excluding carboxylic acids is 2. The lowest BCUT2D eigenvalue weighted by atomic mass is 10.0. The van der Waals surface area contributed by atoms with Crippen LogP contribution in [0.3, 0.4) is 0 Å². The van der Waals surface area contributed by atoms with Crippen LogP contribution in [-0.2, 0) is 25.0 Å². The van der Waals surface area contributed by atoms with E-state index < -0.39 is 46.3 Å². The minimum atomic E-state index is -3.00. The summed E-state index contributed by atoms with van der Waals surface area (Å²) >= 11 is -3.00. The van der Waals surface area contributed by atoms with Crippen LogP contribution in [0.25, 0.3) is 0 Å². The Morgan fingerprint density at radius 3 is 2.67 bits per heavy atom. The predicted octanol–water partition coefficient (Wildman–Crippen LogP) is 2.20. The zero-order valence-electron chi connectivity index (χ0n) is 14.6. The third-order valence-corrected chi connectivity index (χ3v) is 3.74. The summed E-state index contributed by atoms with van der Waals surface area (Å²) in [6, 6.07) is 5.03. The van der Waals surface area contributed by atoms with Crippen molar-refractivity contribution >= 4 is 29.2 Å². The van der Waals surface area contributed by atoms with Crippen molar-refractivity contribution in [2.75, 3.05) is 6.54 Å². The highest BCUT2D eigenvalue weighted by molar-refractivity contribution is 7.74. The number of hydrogen-bond acceptors (Lipinski definition) is 9. The van der Waals surface area contributed by atoms with Gasteiger partial charge in [0, 0.05) is 12.1 Å². The van der Waals surface area contributed by atoms with Crippen LogP contribution in [0.2, 0.25) is 0 Å². The molecule has 12 heteroatoms. The van der Waals surface area contributed by atoms with Gasteiger partial charge in [-0.2, -0.15) is 0 Å². The zero-order chi connectivity index (χ0) is 20.4. The molecule has 0 radical (unpaired) electrons. The summed E-state index contributed by atoms with van der Waals surface area (Å²) in [4.78, 5) is 35.0. The second kappa shape index (κ2) is 7.98. The number of imide groups is 1. The van der Waals surface area contributed by atoms with Crippen molar-refractivity contribution in [2.24, 2.45) is 0 Å². The molecule has 27 heavy (non-hydrogen) atoms. The normalized spacial score (nSPS) is 19.3. The van der Waals surface area contributed by atoms with E-state index in [-0.39, 0.29) is 17.8 Å². The molecule has 3 atom stereocenters. The van der Waals surface area contributed by atoms with Crippen LogP contribution in [0.1, 0.15) is 32.4 Å². The molecule has 2 unspecified atom stereocenters. The Kier molecular flexibility index (Phi) is 6.13. The van der Waals surface area contributed by atoms with Crippen LogP contribution in [0, 0.1) is 10.1 Å². The Morgan fingerprint density at radius 1 is 1.44 bits per heavy atom. The van der Waals surface area contributed by atoms with Gasteiger partial charge in [-0.15, -0.1) is 0 Å². The van der Waals surface area contributed by atoms with Crippen molar-refractivity contribution in [3.05, 3.63) is 39.9 Å². The van der Waals surface area contributed by atoms with Gasteiger partial charge in [-0.1, -0.05) is 12.1 Å². The first kappa shape index (κ1) is 20.7. The molecular weight excluding hydrogens is 384 g/mol. The molecular formula is C15H17N2O9S-. The van der Waals surface area contributed by atoms with Crippen molar-refractivity contribution in [3.8, 4) is 0 Å². The second-order valence-corrected chi connectivity index (χ2v) is 7.19. The third kappa shape index (κ3) is 5.45. The summed E-state index contributed by atoms with van der Waals surface area (Å²) in [5, 5.41) is 10.9. The molecule has 1 heterocycles. The number of ether oxygens (including phenoxy) is 2. The molecule has 0 saturated carbocycles. The molecule has 2 amide bonds. The van der Waals surface area contributed by atoms with Gasteiger partial charge in [0.1, 0.15) is 11.7 Å². The standard InChI is InChI=1S/C15H18N2O9S/c1-15(2,3)25-14(19)16-8-11(24-13(16)18)12(26-27(22)23)9-5-4-6-10(7-9)17(20)21/h4-7,11-12H,8H2,1-3H3,(H,22,23)/p-1/t11-,12?/m0/s1. The Morgan fingerprint density at radius 2 is 2.11 bits per heavy atom.